The Morgan fingerprint density at radius 1 is 1.20 bits per heavy atom. The van der Waals surface area contributed by atoms with Crippen molar-refractivity contribution in [1.29, 1.82) is 0 Å². The highest BCUT2D eigenvalue weighted by molar-refractivity contribution is 6.15. The van der Waals surface area contributed by atoms with E-state index in [-0.39, 0.29) is 24.1 Å². The van der Waals surface area contributed by atoms with E-state index in [0.29, 0.717) is 24.9 Å². The molecule has 0 saturated carbocycles. The van der Waals surface area contributed by atoms with Crippen LogP contribution in [-0.2, 0) is 31.1 Å². The van der Waals surface area contributed by atoms with Crippen LogP contribution in [0.5, 0.6) is 0 Å². The minimum atomic E-state index is -1.30. The smallest absolute Gasteiger partial charge is 0.250 e. The summed E-state index contributed by atoms with van der Waals surface area (Å²) in [4.78, 5) is 52.8. The van der Waals surface area contributed by atoms with Crippen LogP contribution >= 0.6 is 0 Å². The number of amides is 4. The van der Waals surface area contributed by atoms with E-state index in [0.717, 1.165) is 24.1 Å². The molecule has 2 saturated heterocycles. The molecule has 3 heterocycles. The van der Waals surface area contributed by atoms with Gasteiger partial charge < -0.3 is 11.1 Å². The molecule has 1 aromatic rings. The zero-order valence-electron chi connectivity index (χ0n) is 17.4. The Bertz CT molecular complexity index is 930. The molecule has 0 aliphatic carbocycles. The van der Waals surface area contributed by atoms with E-state index in [9.17, 15) is 19.2 Å². The Labute approximate surface area is 175 Å². The summed E-state index contributed by atoms with van der Waals surface area (Å²) in [5.74, 6) is -2.86. The van der Waals surface area contributed by atoms with E-state index in [1.165, 1.54) is 4.90 Å². The van der Waals surface area contributed by atoms with Crippen molar-refractivity contribution in [1.82, 2.24) is 10.2 Å². The first-order valence-electron chi connectivity index (χ1n) is 10.7. The number of rotatable bonds is 7. The van der Waals surface area contributed by atoms with Crippen molar-refractivity contribution in [3.05, 3.63) is 29.3 Å². The molecule has 8 nitrogen and oxygen atoms in total. The third kappa shape index (κ3) is 2.77. The highest BCUT2D eigenvalue weighted by Gasteiger charge is 2.70. The first kappa shape index (κ1) is 20.5. The van der Waals surface area contributed by atoms with Crippen LogP contribution in [0.2, 0.25) is 0 Å². The number of benzene rings is 1. The first-order valence-corrected chi connectivity index (χ1v) is 10.7. The molecule has 3 aliphatic rings. The van der Waals surface area contributed by atoms with Gasteiger partial charge in [-0.3, -0.25) is 29.4 Å². The van der Waals surface area contributed by atoms with Crippen molar-refractivity contribution in [2.24, 2.45) is 17.6 Å². The van der Waals surface area contributed by atoms with E-state index in [1.54, 1.807) is 0 Å². The van der Waals surface area contributed by atoms with Gasteiger partial charge in [-0.05, 0) is 24.8 Å². The zero-order valence-corrected chi connectivity index (χ0v) is 17.4. The predicted octanol–water partition coefficient (Wildman–Crippen LogP) is 1.04. The maximum Gasteiger partial charge on any atom is 0.250 e. The second-order valence-electron chi connectivity index (χ2n) is 8.40. The van der Waals surface area contributed by atoms with Crippen LogP contribution in [0.25, 0.3) is 0 Å². The maximum atomic E-state index is 13.5. The molecule has 0 unspecified atom stereocenters. The molecule has 160 valence electrons. The van der Waals surface area contributed by atoms with Crippen molar-refractivity contribution < 1.29 is 19.2 Å². The largest absolute Gasteiger partial charge is 0.370 e. The van der Waals surface area contributed by atoms with Crippen LogP contribution in [0.4, 0.5) is 5.69 Å². The van der Waals surface area contributed by atoms with Gasteiger partial charge in [-0.15, -0.1) is 0 Å². The van der Waals surface area contributed by atoms with Crippen molar-refractivity contribution in [2.45, 2.75) is 57.5 Å². The minimum Gasteiger partial charge on any atom is -0.370 e. The van der Waals surface area contributed by atoms with Crippen LogP contribution in [-0.4, -0.2) is 41.1 Å². The Morgan fingerprint density at radius 3 is 2.63 bits per heavy atom. The van der Waals surface area contributed by atoms with Gasteiger partial charge in [0.25, 0.3) is 0 Å². The van der Waals surface area contributed by atoms with Crippen molar-refractivity contribution in [3.63, 3.8) is 0 Å². The lowest BCUT2D eigenvalue weighted by Crippen LogP contribution is -2.53. The third-order valence-electron chi connectivity index (χ3n) is 6.75. The molecule has 4 amide bonds. The van der Waals surface area contributed by atoms with Gasteiger partial charge in [-0.25, -0.2) is 0 Å². The van der Waals surface area contributed by atoms with E-state index >= 15 is 0 Å². The Morgan fingerprint density at radius 2 is 1.97 bits per heavy atom. The fraction of sp³-hybridized carbons (Fsp3) is 0.545. The molecule has 4 atom stereocenters. The SMILES string of the molecule is CCCCN1C(=O)[C@H]2[C@@H](C1=O)[C@]1(N[C@@H]2CCC(N)=O)C(=O)Nc2c(CC)cccc21. The highest BCUT2D eigenvalue weighted by atomic mass is 16.2. The van der Waals surface area contributed by atoms with E-state index < -0.39 is 29.3 Å². The van der Waals surface area contributed by atoms with Gasteiger partial charge in [0.2, 0.25) is 23.6 Å². The molecule has 4 N–H and O–H groups in total. The van der Waals surface area contributed by atoms with Crippen LogP contribution < -0.4 is 16.4 Å². The summed E-state index contributed by atoms with van der Waals surface area (Å²) in [5.41, 5.74) is 6.45. The summed E-state index contributed by atoms with van der Waals surface area (Å²) in [6.07, 6.45) is 2.68. The van der Waals surface area contributed by atoms with Gasteiger partial charge >= 0.3 is 0 Å². The van der Waals surface area contributed by atoms with Crippen LogP contribution in [0.3, 0.4) is 0 Å². The summed E-state index contributed by atoms with van der Waals surface area (Å²) in [7, 11) is 0. The third-order valence-corrected chi connectivity index (χ3v) is 6.75. The quantitative estimate of drug-likeness (QED) is 0.578. The Hall–Kier alpha value is -2.74. The number of primary amides is 1. The number of imide groups is 1. The Kier molecular flexibility index (Phi) is 5.13. The average molecular weight is 412 g/mol. The number of nitrogens with one attached hydrogen (secondary N) is 2. The molecule has 3 aliphatic heterocycles. The lowest BCUT2D eigenvalue weighted by molar-refractivity contribution is -0.143. The number of aryl methyl sites for hydroxylation is 1. The molecule has 0 radical (unpaired) electrons. The molecule has 0 aromatic heterocycles. The molecule has 0 bridgehead atoms. The maximum absolute atomic E-state index is 13.5. The number of likely N-dealkylation sites (tertiary alicyclic amines) is 1. The molecule has 1 spiro atoms. The fourth-order valence-electron chi connectivity index (χ4n) is 5.33. The van der Waals surface area contributed by atoms with E-state index in [1.807, 2.05) is 32.0 Å². The fourth-order valence-corrected chi connectivity index (χ4v) is 5.33. The number of nitrogens with zero attached hydrogens (tertiary/aromatic N) is 1. The molecule has 1 aromatic carbocycles. The lowest BCUT2D eigenvalue weighted by Gasteiger charge is -2.29. The van der Waals surface area contributed by atoms with Gasteiger partial charge in [0, 0.05) is 30.3 Å². The number of hydrogen-bond acceptors (Lipinski definition) is 5. The lowest BCUT2D eigenvalue weighted by atomic mass is 9.76. The monoisotopic (exact) mass is 412 g/mol. The number of fused-ring (bicyclic) bond motifs is 4. The van der Waals surface area contributed by atoms with Crippen molar-refractivity contribution in [3.8, 4) is 0 Å². The highest BCUT2D eigenvalue weighted by Crippen LogP contribution is 2.54. The molecule has 8 heteroatoms. The molecule has 4 rings (SSSR count). The van der Waals surface area contributed by atoms with Gasteiger partial charge in [0.05, 0.1) is 11.8 Å². The molecular formula is C22H28N4O4. The summed E-state index contributed by atoms with van der Waals surface area (Å²) >= 11 is 0. The summed E-state index contributed by atoms with van der Waals surface area (Å²) in [5, 5.41) is 6.30. The summed E-state index contributed by atoms with van der Waals surface area (Å²) < 4.78 is 0. The second kappa shape index (κ2) is 7.50. The van der Waals surface area contributed by atoms with Crippen LogP contribution in [0, 0.1) is 11.8 Å². The number of unbranched alkanes of at least 4 members (excludes halogenated alkanes) is 1. The molecule has 30 heavy (non-hydrogen) atoms. The number of carbonyl (C=O) groups excluding carboxylic acids is 4. The first-order chi connectivity index (χ1) is 14.4. The second-order valence-corrected chi connectivity index (χ2v) is 8.40. The van der Waals surface area contributed by atoms with Gasteiger partial charge in [-0.2, -0.15) is 0 Å². The van der Waals surface area contributed by atoms with E-state index in [2.05, 4.69) is 10.6 Å². The predicted molar refractivity (Wildman–Crippen MR) is 110 cm³/mol. The Balaban J connectivity index is 1.82. The zero-order chi connectivity index (χ0) is 21.6. The van der Waals surface area contributed by atoms with Gasteiger partial charge in [-0.1, -0.05) is 38.5 Å². The standard InChI is InChI=1S/C22H28N4O4/c1-3-5-11-26-19(28)16-14(9-10-15(23)27)25-22(17(16)20(26)29)13-8-6-7-12(4-2)18(13)24-21(22)30/h6-8,14,16-17,25H,3-5,9-11H2,1-2H3,(H2,23,27)(H,24,30)/t14-,16-,17+,22+/m1/s1. The number of para-hydroxylation sites is 1. The average Bonchev–Trinajstić information content (AvgIpc) is 3.30. The van der Waals surface area contributed by atoms with Gasteiger partial charge in [0.15, 0.2) is 0 Å². The van der Waals surface area contributed by atoms with Crippen molar-refractivity contribution in [2.75, 3.05) is 11.9 Å². The van der Waals surface area contributed by atoms with Crippen molar-refractivity contribution >= 4 is 29.3 Å². The van der Waals surface area contributed by atoms with Crippen LogP contribution in [0.1, 0.15) is 50.7 Å². The normalized spacial score (nSPS) is 29.5. The topological polar surface area (TPSA) is 122 Å². The minimum absolute atomic E-state index is 0.0802. The molecular weight excluding hydrogens is 384 g/mol. The summed E-state index contributed by atoms with van der Waals surface area (Å²) in [6.45, 7) is 4.35. The van der Waals surface area contributed by atoms with Gasteiger partial charge in [0.1, 0.15) is 5.54 Å². The number of anilines is 1. The number of carbonyl (C=O) groups is 4. The number of hydrogen-bond donors (Lipinski definition) is 3. The number of nitrogens with two attached hydrogens (primary N) is 1. The van der Waals surface area contributed by atoms with Crippen LogP contribution in [0.15, 0.2) is 18.2 Å². The van der Waals surface area contributed by atoms with E-state index in [4.69, 9.17) is 5.73 Å². The molecule has 2 fully saturated rings. The summed E-state index contributed by atoms with van der Waals surface area (Å²) in [6, 6.07) is 5.19.